The van der Waals surface area contributed by atoms with Gasteiger partial charge in [0, 0.05) is 47.8 Å². The predicted molar refractivity (Wildman–Crippen MR) is 121 cm³/mol. The molecule has 0 spiro atoms. The highest BCUT2D eigenvalue weighted by molar-refractivity contribution is 5.83. The van der Waals surface area contributed by atoms with Crippen molar-refractivity contribution in [1.82, 2.24) is 19.9 Å². The van der Waals surface area contributed by atoms with Crippen molar-refractivity contribution in [2.75, 3.05) is 11.9 Å². The van der Waals surface area contributed by atoms with E-state index in [1.807, 2.05) is 36.7 Å². The molecule has 0 radical (unpaired) electrons. The second-order valence-corrected chi connectivity index (χ2v) is 7.12. The average Bonchev–Trinajstić information content (AvgIpc) is 3.30. The van der Waals surface area contributed by atoms with Crippen molar-refractivity contribution in [3.63, 3.8) is 0 Å². The van der Waals surface area contributed by atoms with E-state index >= 15 is 0 Å². The molecule has 5 heteroatoms. The zero-order valence-electron chi connectivity index (χ0n) is 16.4. The van der Waals surface area contributed by atoms with E-state index in [0.29, 0.717) is 0 Å². The Labute approximate surface area is 174 Å². The lowest BCUT2D eigenvalue weighted by Crippen LogP contribution is -2.07. The first-order valence-corrected chi connectivity index (χ1v) is 9.99. The molecule has 0 saturated heterocycles. The van der Waals surface area contributed by atoms with Gasteiger partial charge >= 0.3 is 0 Å². The summed E-state index contributed by atoms with van der Waals surface area (Å²) < 4.78 is 0. The Morgan fingerprint density at radius 3 is 2.70 bits per heavy atom. The molecular weight excluding hydrogens is 370 g/mol. The minimum atomic E-state index is 0.787. The number of anilines is 1. The van der Waals surface area contributed by atoms with Crippen molar-refractivity contribution < 1.29 is 0 Å². The van der Waals surface area contributed by atoms with E-state index in [0.717, 1.165) is 41.3 Å². The van der Waals surface area contributed by atoms with Gasteiger partial charge in [-0.25, -0.2) is 4.98 Å². The standard InChI is InChI=1S/C25H21N5/c1-2-12-27-23(7-1)24-15-20(19-6-4-11-26-17-19)16-25(30-24)29-13-9-18-5-3-8-22-21(18)10-14-28-22/h1-8,10-12,14-17,28H,9,13H2,(H,29,30). The van der Waals surface area contributed by atoms with Gasteiger partial charge < -0.3 is 10.3 Å². The molecule has 5 aromatic rings. The number of benzene rings is 1. The lowest BCUT2D eigenvalue weighted by Gasteiger charge is -2.11. The maximum Gasteiger partial charge on any atom is 0.127 e. The molecule has 0 aliphatic carbocycles. The Morgan fingerprint density at radius 2 is 1.83 bits per heavy atom. The van der Waals surface area contributed by atoms with Gasteiger partial charge in [-0.2, -0.15) is 0 Å². The van der Waals surface area contributed by atoms with E-state index in [1.165, 1.54) is 16.5 Å². The number of hydrogen-bond acceptors (Lipinski definition) is 4. The topological polar surface area (TPSA) is 66.5 Å². The van der Waals surface area contributed by atoms with Gasteiger partial charge in [0.15, 0.2) is 0 Å². The summed E-state index contributed by atoms with van der Waals surface area (Å²) in [7, 11) is 0. The molecule has 0 amide bonds. The summed E-state index contributed by atoms with van der Waals surface area (Å²) in [6.07, 6.45) is 8.34. The number of aromatic nitrogens is 4. The fourth-order valence-electron chi connectivity index (χ4n) is 3.66. The smallest absolute Gasteiger partial charge is 0.127 e. The fourth-order valence-corrected chi connectivity index (χ4v) is 3.66. The van der Waals surface area contributed by atoms with Crippen molar-refractivity contribution in [1.29, 1.82) is 0 Å². The summed E-state index contributed by atoms with van der Waals surface area (Å²) in [6, 6.07) is 22.5. The maximum absolute atomic E-state index is 4.81. The number of hydrogen-bond donors (Lipinski definition) is 2. The second kappa shape index (κ2) is 8.17. The van der Waals surface area contributed by atoms with Crippen molar-refractivity contribution in [2.45, 2.75) is 6.42 Å². The first kappa shape index (κ1) is 18.1. The van der Waals surface area contributed by atoms with Gasteiger partial charge in [0.1, 0.15) is 5.82 Å². The number of H-pyrrole nitrogens is 1. The third-order valence-corrected chi connectivity index (χ3v) is 5.13. The Balaban J connectivity index is 1.43. The van der Waals surface area contributed by atoms with Crippen LogP contribution in [0.1, 0.15) is 5.56 Å². The number of nitrogens with zero attached hydrogens (tertiary/aromatic N) is 3. The van der Waals surface area contributed by atoms with E-state index in [4.69, 9.17) is 4.98 Å². The summed E-state index contributed by atoms with van der Waals surface area (Å²) in [5.41, 5.74) is 6.29. The van der Waals surface area contributed by atoms with Crippen LogP contribution in [0.25, 0.3) is 33.4 Å². The third kappa shape index (κ3) is 3.78. The van der Waals surface area contributed by atoms with Gasteiger partial charge in [0.25, 0.3) is 0 Å². The lowest BCUT2D eigenvalue weighted by atomic mass is 10.1. The van der Waals surface area contributed by atoms with Crippen LogP contribution in [0.3, 0.4) is 0 Å². The molecule has 4 heterocycles. The summed E-state index contributed by atoms with van der Waals surface area (Å²) in [5, 5.41) is 4.77. The van der Waals surface area contributed by atoms with Crippen LogP contribution in [0.2, 0.25) is 0 Å². The van der Waals surface area contributed by atoms with Gasteiger partial charge in [-0.05, 0) is 60.0 Å². The van der Waals surface area contributed by atoms with Gasteiger partial charge in [0.05, 0.1) is 11.4 Å². The Hall–Kier alpha value is -3.99. The van der Waals surface area contributed by atoms with Crippen molar-refractivity contribution in [3.05, 3.63) is 97.1 Å². The highest BCUT2D eigenvalue weighted by Gasteiger charge is 2.08. The molecule has 0 unspecified atom stereocenters. The normalized spacial score (nSPS) is 10.9. The van der Waals surface area contributed by atoms with Crippen LogP contribution in [0.15, 0.2) is 91.5 Å². The second-order valence-electron chi connectivity index (χ2n) is 7.12. The summed E-state index contributed by atoms with van der Waals surface area (Å²) in [4.78, 5) is 16.8. The van der Waals surface area contributed by atoms with Crippen molar-refractivity contribution >= 4 is 16.7 Å². The molecule has 146 valence electrons. The van der Waals surface area contributed by atoms with Gasteiger partial charge in [-0.1, -0.05) is 24.3 Å². The zero-order valence-corrected chi connectivity index (χ0v) is 16.4. The summed E-state index contributed by atoms with van der Waals surface area (Å²) >= 11 is 0. The largest absolute Gasteiger partial charge is 0.370 e. The van der Waals surface area contributed by atoms with Crippen molar-refractivity contribution in [2.24, 2.45) is 0 Å². The first-order chi connectivity index (χ1) is 14.9. The molecule has 1 aromatic carbocycles. The quantitative estimate of drug-likeness (QED) is 0.410. The number of rotatable bonds is 6. The van der Waals surface area contributed by atoms with Gasteiger partial charge in [-0.15, -0.1) is 0 Å². The van der Waals surface area contributed by atoms with E-state index in [2.05, 4.69) is 62.7 Å². The number of aromatic amines is 1. The van der Waals surface area contributed by atoms with Crippen LogP contribution < -0.4 is 5.32 Å². The zero-order chi connectivity index (χ0) is 20.2. The molecule has 2 N–H and O–H groups in total. The Kier molecular flexibility index (Phi) is 4.92. The van der Waals surface area contributed by atoms with Crippen LogP contribution in [0.4, 0.5) is 5.82 Å². The SMILES string of the molecule is c1ccc(-c2cc(-c3cccnc3)cc(NCCc3cccc4[nH]ccc34)n2)nc1. The Morgan fingerprint density at radius 1 is 0.833 bits per heavy atom. The third-order valence-electron chi connectivity index (χ3n) is 5.13. The van der Waals surface area contributed by atoms with E-state index in [9.17, 15) is 0 Å². The van der Waals surface area contributed by atoms with Crippen LogP contribution in [-0.4, -0.2) is 26.5 Å². The van der Waals surface area contributed by atoms with Gasteiger partial charge in [0.2, 0.25) is 0 Å². The van der Waals surface area contributed by atoms with E-state index in [-0.39, 0.29) is 0 Å². The van der Waals surface area contributed by atoms with Crippen LogP contribution in [-0.2, 0) is 6.42 Å². The molecule has 0 aliphatic rings. The molecule has 0 aliphatic heterocycles. The fraction of sp³-hybridized carbons (Fsp3) is 0.0800. The summed E-state index contributed by atoms with van der Waals surface area (Å²) in [5.74, 6) is 0.832. The predicted octanol–water partition coefficient (Wildman–Crippen LogP) is 5.34. The molecule has 0 atom stereocenters. The highest BCUT2D eigenvalue weighted by Crippen LogP contribution is 2.26. The van der Waals surface area contributed by atoms with Crippen LogP contribution in [0.5, 0.6) is 0 Å². The molecular formula is C25H21N5. The number of nitrogens with one attached hydrogen (secondary N) is 2. The monoisotopic (exact) mass is 391 g/mol. The summed E-state index contributed by atoms with van der Waals surface area (Å²) in [6.45, 7) is 0.787. The average molecular weight is 391 g/mol. The molecule has 30 heavy (non-hydrogen) atoms. The Bertz CT molecular complexity index is 1200. The van der Waals surface area contributed by atoms with Crippen LogP contribution >= 0.6 is 0 Å². The maximum atomic E-state index is 4.81. The molecule has 5 rings (SSSR count). The molecule has 0 fully saturated rings. The van der Waals surface area contributed by atoms with Gasteiger partial charge in [-0.3, -0.25) is 9.97 Å². The number of pyridine rings is 3. The highest BCUT2D eigenvalue weighted by atomic mass is 15.0. The van der Waals surface area contributed by atoms with E-state index < -0.39 is 0 Å². The minimum absolute atomic E-state index is 0.787. The first-order valence-electron chi connectivity index (χ1n) is 9.99. The van der Waals surface area contributed by atoms with Crippen molar-refractivity contribution in [3.8, 4) is 22.5 Å². The van der Waals surface area contributed by atoms with E-state index in [1.54, 1.807) is 12.4 Å². The van der Waals surface area contributed by atoms with Crippen LogP contribution in [0, 0.1) is 0 Å². The molecule has 5 nitrogen and oxygen atoms in total. The molecule has 0 saturated carbocycles. The minimum Gasteiger partial charge on any atom is -0.370 e. The molecule has 4 aromatic heterocycles. The molecule has 0 bridgehead atoms. The lowest BCUT2D eigenvalue weighted by molar-refractivity contribution is 1.02. The number of fused-ring (bicyclic) bond motifs is 1.